The van der Waals surface area contributed by atoms with E-state index in [0.717, 1.165) is 3.57 Å². The molecule has 4 atom stereocenters. The molecule has 0 aliphatic carbocycles. The van der Waals surface area contributed by atoms with E-state index in [1.165, 1.54) is 7.11 Å². The van der Waals surface area contributed by atoms with Gasteiger partial charge < -0.3 is 35.1 Å². The van der Waals surface area contributed by atoms with Gasteiger partial charge in [0.2, 0.25) is 11.8 Å². The van der Waals surface area contributed by atoms with Crippen molar-refractivity contribution in [2.75, 3.05) is 19.5 Å². The number of nitrogens with two attached hydrogens (primary N) is 1. The van der Waals surface area contributed by atoms with Gasteiger partial charge in [-0.3, -0.25) is 0 Å². The summed E-state index contributed by atoms with van der Waals surface area (Å²) in [5.74, 6) is 0.337. The first-order chi connectivity index (χ1) is 10.5. The Bertz CT molecular complexity index is 708. The van der Waals surface area contributed by atoms with Crippen LogP contribution in [0.1, 0.15) is 6.23 Å². The average molecular weight is 422 g/mol. The second kappa shape index (κ2) is 5.77. The minimum atomic E-state index is -1.20. The van der Waals surface area contributed by atoms with Gasteiger partial charge in [0.25, 0.3) is 0 Å². The van der Waals surface area contributed by atoms with Crippen molar-refractivity contribution in [3.05, 3.63) is 9.77 Å². The Hall–Kier alpha value is -1.21. The SMILES string of the molecule is COc1nc(N)nc2c1c(I)cn2[C@H]1O[C@@H](CO)[C@H](O)[C@@H]1O. The van der Waals surface area contributed by atoms with Crippen LogP contribution >= 0.6 is 22.6 Å². The van der Waals surface area contributed by atoms with Crippen LogP contribution in [-0.2, 0) is 4.74 Å². The maximum Gasteiger partial charge on any atom is 0.228 e. The van der Waals surface area contributed by atoms with E-state index >= 15 is 0 Å². The molecule has 3 heterocycles. The van der Waals surface area contributed by atoms with Crippen LogP contribution in [0, 0.1) is 3.57 Å². The smallest absolute Gasteiger partial charge is 0.228 e. The first-order valence-electron chi connectivity index (χ1n) is 6.48. The van der Waals surface area contributed by atoms with Crippen molar-refractivity contribution in [1.82, 2.24) is 14.5 Å². The fourth-order valence-corrected chi connectivity index (χ4v) is 3.31. The number of aliphatic hydroxyl groups is 3. The molecule has 0 unspecified atom stereocenters. The van der Waals surface area contributed by atoms with E-state index in [2.05, 4.69) is 32.6 Å². The largest absolute Gasteiger partial charge is 0.480 e. The molecular formula is C12H15IN4O5. The van der Waals surface area contributed by atoms with Crippen LogP contribution in [0.15, 0.2) is 6.20 Å². The van der Waals surface area contributed by atoms with E-state index in [1.54, 1.807) is 10.8 Å². The second-order valence-electron chi connectivity index (χ2n) is 4.90. The fraction of sp³-hybridized carbons (Fsp3) is 0.500. The van der Waals surface area contributed by atoms with Crippen molar-refractivity contribution in [3.63, 3.8) is 0 Å². The molecule has 120 valence electrons. The van der Waals surface area contributed by atoms with Crippen LogP contribution in [0.25, 0.3) is 11.0 Å². The van der Waals surface area contributed by atoms with Crippen LogP contribution in [0.2, 0.25) is 0 Å². The van der Waals surface area contributed by atoms with E-state index in [-0.39, 0.29) is 5.95 Å². The van der Waals surface area contributed by atoms with Crippen LogP contribution < -0.4 is 10.5 Å². The lowest BCUT2D eigenvalue weighted by Gasteiger charge is -2.17. The number of halogens is 1. The van der Waals surface area contributed by atoms with Crippen LogP contribution in [0.4, 0.5) is 5.95 Å². The first-order valence-corrected chi connectivity index (χ1v) is 7.55. The van der Waals surface area contributed by atoms with Gasteiger partial charge >= 0.3 is 0 Å². The Morgan fingerprint density at radius 2 is 2.14 bits per heavy atom. The van der Waals surface area contributed by atoms with Crippen molar-refractivity contribution in [1.29, 1.82) is 0 Å². The van der Waals surface area contributed by atoms with Crippen molar-refractivity contribution in [2.24, 2.45) is 0 Å². The van der Waals surface area contributed by atoms with E-state index in [9.17, 15) is 15.3 Å². The van der Waals surface area contributed by atoms with Crippen molar-refractivity contribution >= 4 is 39.6 Å². The zero-order valence-electron chi connectivity index (χ0n) is 11.5. The summed E-state index contributed by atoms with van der Waals surface area (Å²) in [4.78, 5) is 8.19. The van der Waals surface area contributed by atoms with Crippen molar-refractivity contribution in [3.8, 4) is 5.88 Å². The number of nitrogens with zero attached hydrogens (tertiary/aromatic N) is 3. The highest BCUT2D eigenvalue weighted by Gasteiger charge is 2.44. The summed E-state index contributed by atoms with van der Waals surface area (Å²) in [5, 5.41) is 29.9. The molecule has 1 aliphatic rings. The number of nitrogen functional groups attached to an aromatic ring is 1. The molecule has 0 aromatic carbocycles. The number of ether oxygens (including phenoxy) is 2. The van der Waals surface area contributed by atoms with Gasteiger partial charge in [-0.05, 0) is 22.6 Å². The van der Waals surface area contributed by atoms with Gasteiger partial charge in [0, 0.05) is 9.77 Å². The second-order valence-corrected chi connectivity index (χ2v) is 6.07. The number of aromatic nitrogens is 3. The van der Waals surface area contributed by atoms with Crippen LogP contribution in [-0.4, -0.2) is 61.9 Å². The predicted octanol–water partition coefficient (Wildman–Crippen LogP) is -0.762. The first kappa shape index (κ1) is 15.7. The summed E-state index contributed by atoms with van der Waals surface area (Å²) >= 11 is 2.08. The van der Waals surface area contributed by atoms with Gasteiger partial charge in [0.15, 0.2) is 11.9 Å². The fourth-order valence-electron chi connectivity index (χ4n) is 2.54. The van der Waals surface area contributed by atoms with Gasteiger partial charge in [0.1, 0.15) is 18.3 Å². The maximum atomic E-state index is 10.2. The molecule has 10 heteroatoms. The van der Waals surface area contributed by atoms with Crippen LogP contribution in [0.5, 0.6) is 5.88 Å². The number of fused-ring (bicyclic) bond motifs is 1. The molecule has 2 aromatic heterocycles. The molecule has 3 rings (SSSR count). The van der Waals surface area contributed by atoms with E-state index < -0.39 is 31.1 Å². The Morgan fingerprint density at radius 1 is 1.41 bits per heavy atom. The van der Waals surface area contributed by atoms with Gasteiger partial charge in [-0.1, -0.05) is 0 Å². The molecule has 5 N–H and O–H groups in total. The molecule has 0 saturated carbocycles. The Labute approximate surface area is 138 Å². The Balaban J connectivity index is 2.14. The highest BCUT2D eigenvalue weighted by atomic mass is 127. The molecule has 1 aliphatic heterocycles. The third kappa shape index (κ3) is 2.31. The molecule has 1 saturated heterocycles. The molecule has 0 bridgehead atoms. The summed E-state index contributed by atoms with van der Waals surface area (Å²) < 4.78 is 13.1. The predicted molar refractivity (Wildman–Crippen MR) is 84.2 cm³/mol. The zero-order chi connectivity index (χ0) is 16.0. The van der Waals surface area contributed by atoms with E-state index in [4.69, 9.17) is 15.2 Å². The molecule has 0 amide bonds. The minimum absolute atomic E-state index is 0.0202. The summed E-state index contributed by atoms with van der Waals surface area (Å²) in [5.41, 5.74) is 6.10. The number of hydrogen-bond donors (Lipinski definition) is 4. The van der Waals surface area contributed by atoms with Crippen molar-refractivity contribution < 1.29 is 24.8 Å². The normalized spacial score (nSPS) is 28.4. The third-order valence-corrected chi connectivity index (χ3v) is 4.41. The highest BCUT2D eigenvalue weighted by molar-refractivity contribution is 14.1. The number of methoxy groups -OCH3 is 1. The molecule has 2 aromatic rings. The standard InChI is InChI=1S/C12H15IN4O5/c1-21-10-6-4(13)2-17(9(6)15-12(14)16-10)11-8(20)7(19)5(3-18)22-11/h2,5,7-8,11,18-20H,3H2,1H3,(H2,14,15,16)/t5-,7-,8-,11-/m0/s1. The summed E-state index contributed by atoms with van der Waals surface area (Å²) in [7, 11) is 1.47. The number of hydrogen-bond acceptors (Lipinski definition) is 8. The summed E-state index contributed by atoms with van der Waals surface area (Å²) in [6.45, 7) is -0.397. The van der Waals surface area contributed by atoms with E-state index in [0.29, 0.717) is 16.9 Å². The highest BCUT2D eigenvalue weighted by Crippen LogP contribution is 2.36. The monoisotopic (exact) mass is 422 g/mol. The van der Waals surface area contributed by atoms with Crippen molar-refractivity contribution in [2.45, 2.75) is 24.5 Å². The third-order valence-electron chi connectivity index (χ3n) is 3.59. The molecule has 1 fully saturated rings. The topological polar surface area (TPSA) is 136 Å². The molecular weight excluding hydrogens is 407 g/mol. The average Bonchev–Trinajstić information content (AvgIpc) is 2.97. The Morgan fingerprint density at radius 3 is 2.73 bits per heavy atom. The van der Waals surface area contributed by atoms with Gasteiger partial charge in [-0.2, -0.15) is 9.97 Å². The minimum Gasteiger partial charge on any atom is -0.480 e. The zero-order valence-corrected chi connectivity index (χ0v) is 13.7. The lowest BCUT2D eigenvalue weighted by molar-refractivity contribution is -0.0509. The quantitative estimate of drug-likeness (QED) is 0.474. The van der Waals surface area contributed by atoms with Gasteiger partial charge in [-0.25, -0.2) is 0 Å². The van der Waals surface area contributed by atoms with E-state index in [1.807, 2.05) is 0 Å². The Kier molecular flexibility index (Phi) is 4.11. The van der Waals surface area contributed by atoms with Gasteiger partial charge in [-0.15, -0.1) is 0 Å². The summed E-state index contributed by atoms with van der Waals surface area (Å²) in [6.07, 6.45) is -2.45. The maximum absolute atomic E-state index is 10.2. The lowest BCUT2D eigenvalue weighted by Crippen LogP contribution is -2.33. The molecule has 0 spiro atoms. The van der Waals surface area contributed by atoms with Gasteiger partial charge in [0.05, 0.1) is 19.1 Å². The number of aliphatic hydroxyl groups excluding tert-OH is 3. The molecule has 9 nitrogen and oxygen atoms in total. The lowest BCUT2D eigenvalue weighted by atomic mass is 10.1. The van der Waals surface area contributed by atoms with Crippen LogP contribution in [0.3, 0.4) is 0 Å². The number of anilines is 1. The molecule has 22 heavy (non-hydrogen) atoms. The number of rotatable bonds is 3. The molecule has 0 radical (unpaired) electrons. The summed E-state index contributed by atoms with van der Waals surface area (Å²) in [6, 6.07) is 0.